The topological polar surface area (TPSA) is 64.1 Å². The molecule has 5 nitrogen and oxygen atoms in total. The van der Waals surface area contributed by atoms with Crippen LogP contribution in [-0.4, -0.2) is 35.3 Å². The maximum atomic E-state index is 12.7. The fourth-order valence-electron chi connectivity index (χ4n) is 2.71. The summed E-state index contributed by atoms with van der Waals surface area (Å²) in [6, 6.07) is 14.0. The van der Waals surface area contributed by atoms with Crippen molar-refractivity contribution >= 4 is 17.4 Å². The predicted molar refractivity (Wildman–Crippen MR) is 104 cm³/mol. The Morgan fingerprint density at radius 1 is 1.15 bits per heavy atom. The lowest BCUT2D eigenvalue weighted by molar-refractivity contribution is 0.0905. The Labute approximate surface area is 157 Å². The molecular weight excluding hydrogens is 346 g/mol. The van der Waals surface area contributed by atoms with Gasteiger partial charge in [-0.2, -0.15) is 0 Å². The number of carbonyl (C=O) groups excluding carboxylic acids is 1. The zero-order valence-corrected chi connectivity index (χ0v) is 15.8. The summed E-state index contributed by atoms with van der Waals surface area (Å²) in [5, 5.41) is 8.98. The van der Waals surface area contributed by atoms with Crippen LogP contribution in [0.25, 0.3) is 22.4 Å². The summed E-state index contributed by atoms with van der Waals surface area (Å²) in [5.74, 6) is -0.132. The summed E-state index contributed by atoms with van der Waals surface area (Å²) in [7, 11) is 1.62. The highest BCUT2D eigenvalue weighted by Gasteiger charge is 2.14. The molecule has 2 aromatic carbocycles. The number of hydrogen-bond acceptors (Lipinski definition) is 5. The lowest BCUT2D eigenvalue weighted by Gasteiger charge is -2.14. The Morgan fingerprint density at radius 2 is 1.88 bits per heavy atom. The average molecular weight is 367 g/mol. The van der Waals surface area contributed by atoms with Gasteiger partial charge in [-0.05, 0) is 54.7 Å². The zero-order valence-electron chi connectivity index (χ0n) is 15.0. The molecule has 1 aromatic heterocycles. The van der Waals surface area contributed by atoms with Crippen LogP contribution in [0.4, 0.5) is 0 Å². The number of hydrogen-bond donors (Lipinski definition) is 1. The van der Waals surface area contributed by atoms with Crippen molar-refractivity contribution in [2.75, 3.05) is 13.7 Å². The Balaban J connectivity index is 2.00. The first-order valence-corrected chi connectivity index (χ1v) is 9.20. The number of amides is 1. The van der Waals surface area contributed by atoms with E-state index in [0.29, 0.717) is 12.2 Å². The molecule has 3 aromatic rings. The van der Waals surface area contributed by atoms with Crippen LogP contribution in [0.5, 0.6) is 0 Å². The number of nitrogens with zero attached hydrogens (tertiary/aromatic N) is 2. The molecule has 134 valence electrons. The Kier molecular flexibility index (Phi) is 5.75. The summed E-state index contributed by atoms with van der Waals surface area (Å²) in [4.78, 5) is 12.7. The van der Waals surface area contributed by atoms with Gasteiger partial charge in [0.2, 0.25) is 0 Å². The standard InChI is InChI=1S/C20H21N3O2S/c1-13-4-6-15(7-5-13)16-8-17(19-12-26-23-22-19)10-18(9-16)20(24)21-14(2)11-25-3/h4-10,12,14H,11H2,1-3H3,(H,21,24). The van der Waals surface area contributed by atoms with Crippen molar-refractivity contribution in [2.45, 2.75) is 19.9 Å². The Morgan fingerprint density at radius 3 is 2.54 bits per heavy atom. The second kappa shape index (κ2) is 8.21. The van der Waals surface area contributed by atoms with E-state index in [1.807, 2.05) is 30.5 Å². The number of carbonyl (C=O) groups is 1. The molecule has 26 heavy (non-hydrogen) atoms. The lowest BCUT2D eigenvalue weighted by Crippen LogP contribution is -2.35. The van der Waals surface area contributed by atoms with Crippen molar-refractivity contribution in [3.05, 3.63) is 59.0 Å². The van der Waals surface area contributed by atoms with Crippen molar-refractivity contribution < 1.29 is 9.53 Å². The van der Waals surface area contributed by atoms with Gasteiger partial charge in [-0.3, -0.25) is 4.79 Å². The van der Waals surface area contributed by atoms with Crippen LogP contribution in [0.2, 0.25) is 0 Å². The van der Waals surface area contributed by atoms with Gasteiger partial charge in [0, 0.05) is 29.7 Å². The molecule has 1 N–H and O–H groups in total. The van der Waals surface area contributed by atoms with E-state index in [1.54, 1.807) is 7.11 Å². The molecular formula is C20H21N3O2S. The molecule has 1 atom stereocenters. The second-order valence-corrected chi connectivity index (χ2v) is 6.89. The number of methoxy groups -OCH3 is 1. The molecule has 1 heterocycles. The largest absolute Gasteiger partial charge is 0.383 e. The molecule has 0 aliphatic carbocycles. The molecule has 0 aliphatic rings. The molecule has 0 saturated heterocycles. The minimum absolute atomic E-state index is 0.0695. The molecule has 1 unspecified atom stereocenters. The van der Waals surface area contributed by atoms with Crippen molar-refractivity contribution in [1.82, 2.24) is 14.9 Å². The van der Waals surface area contributed by atoms with Gasteiger partial charge in [0.1, 0.15) is 5.69 Å². The average Bonchev–Trinajstić information content (AvgIpc) is 3.17. The van der Waals surface area contributed by atoms with Crippen LogP contribution in [0.3, 0.4) is 0 Å². The fraction of sp³-hybridized carbons (Fsp3) is 0.250. The smallest absolute Gasteiger partial charge is 0.251 e. The van der Waals surface area contributed by atoms with Crippen LogP contribution >= 0.6 is 11.5 Å². The quantitative estimate of drug-likeness (QED) is 0.717. The molecule has 0 spiro atoms. The Hall–Kier alpha value is -2.57. The van der Waals surface area contributed by atoms with E-state index < -0.39 is 0 Å². The minimum atomic E-state index is -0.132. The summed E-state index contributed by atoms with van der Waals surface area (Å²) in [6.45, 7) is 4.43. The number of nitrogens with one attached hydrogen (secondary N) is 1. The predicted octanol–water partition coefficient (Wildman–Crippen LogP) is 3.95. The SMILES string of the molecule is COCC(C)NC(=O)c1cc(-c2ccc(C)cc2)cc(-c2csnn2)c1. The summed E-state index contributed by atoms with van der Waals surface area (Å²) in [6.07, 6.45) is 0. The van der Waals surface area contributed by atoms with Gasteiger partial charge in [-0.15, -0.1) is 5.10 Å². The van der Waals surface area contributed by atoms with Gasteiger partial charge in [-0.1, -0.05) is 34.3 Å². The van der Waals surface area contributed by atoms with Crippen molar-refractivity contribution in [3.63, 3.8) is 0 Å². The zero-order chi connectivity index (χ0) is 18.5. The first-order chi connectivity index (χ1) is 12.6. The number of benzene rings is 2. The fourth-order valence-corrected chi connectivity index (χ4v) is 3.17. The molecule has 0 radical (unpaired) electrons. The van der Waals surface area contributed by atoms with Crippen molar-refractivity contribution in [2.24, 2.45) is 0 Å². The van der Waals surface area contributed by atoms with Crippen LogP contribution in [0.15, 0.2) is 47.8 Å². The van der Waals surface area contributed by atoms with E-state index in [-0.39, 0.29) is 11.9 Å². The maximum Gasteiger partial charge on any atom is 0.251 e. The highest BCUT2D eigenvalue weighted by atomic mass is 32.1. The van der Waals surface area contributed by atoms with Crippen LogP contribution in [0.1, 0.15) is 22.8 Å². The Bertz CT molecular complexity index is 877. The minimum Gasteiger partial charge on any atom is -0.383 e. The lowest BCUT2D eigenvalue weighted by atomic mass is 9.97. The van der Waals surface area contributed by atoms with E-state index in [1.165, 1.54) is 17.1 Å². The van der Waals surface area contributed by atoms with E-state index in [9.17, 15) is 4.79 Å². The van der Waals surface area contributed by atoms with Gasteiger partial charge >= 0.3 is 0 Å². The summed E-state index contributed by atoms with van der Waals surface area (Å²) < 4.78 is 9.03. The number of ether oxygens (including phenoxy) is 1. The highest BCUT2D eigenvalue weighted by Crippen LogP contribution is 2.28. The third-order valence-electron chi connectivity index (χ3n) is 4.03. The van der Waals surface area contributed by atoms with Gasteiger partial charge in [-0.25, -0.2) is 0 Å². The highest BCUT2D eigenvalue weighted by molar-refractivity contribution is 7.03. The van der Waals surface area contributed by atoms with Gasteiger partial charge in [0.05, 0.1) is 6.61 Å². The van der Waals surface area contributed by atoms with E-state index >= 15 is 0 Å². The summed E-state index contributed by atoms with van der Waals surface area (Å²) in [5.41, 5.74) is 5.46. The number of aromatic nitrogens is 2. The third kappa shape index (κ3) is 4.33. The van der Waals surface area contributed by atoms with Crippen LogP contribution < -0.4 is 5.32 Å². The van der Waals surface area contributed by atoms with Crippen molar-refractivity contribution in [3.8, 4) is 22.4 Å². The summed E-state index contributed by atoms with van der Waals surface area (Å²) >= 11 is 1.29. The first-order valence-electron chi connectivity index (χ1n) is 8.36. The van der Waals surface area contributed by atoms with Gasteiger partial charge in [0.25, 0.3) is 5.91 Å². The van der Waals surface area contributed by atoms with Gasteiger partial charge < -0.3 is 10.1 Å². The monoisotopic (exact) mass is 367 g/mol. The van der Waals surface area contributed by atoms with E-state index in [2.05, 4.69) is 46.1 Å². The van der Waals surface area contributed by atoms with E-state index in [0.717, 1.165) is 22.4 Å². The number of aryl methyl sites for hydroxylation is 1. The van der Waals surface area contributed by atoms with Crippen LogP contribution in [0, 0.1) is 6.92 Å². The number of rotatable bonds is 6. The first kappa shape index (κ1) is 18.2. The second-order valence-electron chi connectivity index (χ2n) is 6.29. The van der Waals surface area contributed by atoms with Crippen LogP contribution in [-0.2, 0) is 4.74 Å². The molecule has 0 saturated carbocycles. The molecule has 0 bridgehead atoms. The molecule has 6 heteroatoms. The molecule has 3 rings (SSSR count). The normalized spacial score (nSPS) is 12.0. The van der Waals surface area contributed by atoms with Gasteiger partial charge in [0.15, 0.2) is 0 Å². The molecule has 0 aliphatic heterocycles. The molecule has 0 fully saturated rings. The maximum absolute atomic E-state index is 12.7. The van der Waals surface area contributed by atoms with Crippen molar-refractivity contribution in [1.29, 1.82) is 0 Å². The van der Waals surface area contributed by atoms with E-state index in [4.69, 9.17) is 4.74 Å². The molecule has 1 amide bonds. The third-order valence-corrected chi connectivity index (χ3v) is 4.53.